The molecule has 0 aliphatic carbocycles. The summed E-state index contributed by atoms with van der Waals surface area (Å²) in [7, 11) is 1.16. The van der Waals surface area contributed by atoms with Gasteiger partial charge in [0.2, 0.25) is 0 Å². The van der Waals surface area contributed by atoms with Gasteiger partial charge in [-0.2, -0.15) is 0 Å². The standard InChI is InChI=1S/C62H114NO8P/c1-6-8-10-12-14-16-18-20-22-24-26-28-30-31-33-34-36-38-40-42-44-46-48-50-52-54-61(64)68-58-60(59-70-72(66,67)69-57-56-63(3,4)5)71-62(65)55-53-51-49-47-45-43-41-39-37-35-32-29-27-25-23-21-19-17-15-13-11-9-7-2/h18-21,24-27,32,35,60H,6-17,22-23,28-31,33-34,36-59H2,1-5H3/b20-18-,21-19-,26-24-,27-25-,35-32-. The number of esters is 2. The molecule has 0 saturated carbocycles. The van der Waals surface area contributed by atoms with Crippen LogP contribution < -0.4 is 4.89 Å². The van der Waals surface area contributed by atoms with E-state index in [0.29, 0.717) is 17.4 Å². The third kappa shape index (κ3) is 57.0. The number of quaternary nitrogens is 1. The first kappa shape index (κ1) is 69.7. The van der Waals surface area contributed by atoms with Crippen LogP contribution in [0.2, 0.25) is 0 Å². The van der Waals surface area contributed by atoms with E-state index in [1.54, 1.807) is 0 Å². The van der Waals surface area contributed by atoms with Gasteiger partial charge >= 0.3 is 11.9 Å². The minimum Gasteiger partial charge on any atom is -0.756 e. The lowest BCUT2D eigenvalue weighted by Crippen LogP contribution is -2.37. The number of rotatable bonds is 55. The van der Waals surface area contributed by atoms with Crippen LogP contribution in [0.15, 0.2) is 60.8 Å². The SMILES string of the molecule is CCCCCCC/C=C\C/C=C\C/C=C\CCCCCCCCCCC(=O)OC(COC(=O)CCCCCCCCCCCCCCC/C=C\C/C=C\CCCCCCC)COP(=O)([O-])OCC[N+](C)(C)C. The Morgan fingerprint density at radius 1 is 0.431 bits per heavy atom. The summed E-state index contributed by atoms with van der Waals surface area (Å²) >= 11 is 0. The topological polar surface area (TPSA) is 111 Å². The van der Waals surface area contributed by atoms with Crippen LogP contribution in [0.1, 0.15) is 271 Å². The summed E-state index contributed by atoms with van der Waals surface area (Å²) in [6.45, 7) is 4.23. The third-order valence-electron chi connectivity index (χ3n) is 13.0. The van der Waals surface area contributed by atoms with Crippen molar-refractivity contribution >= 4 is 19.8 Å². The second-order valence-corrected chi connectivity index (χ2v) is 22.8. The van der Waals surface area contributed by atoms with E-state index in [4.69, 9.17) is 18.5 Å². The van der Waals surface area contributed by atoms with E-state index in [2.05, 4.69) is 74.6 Å². The highest BCUT2D eigenvalue weighted by Gasteiger charge is 2.22. The monoisotopic (exact) mass is 1030 g/mol. The number of ether oxygens (including phenoxy) is 2. The fraction of sp³-hybridized carbons (Fsp3) is 0.806. The summed E-state index contributed by atoms with van der Waals surface area (Å²) in [4.78, 5) is 37.9. The molecule has 420 valence electrons. The minimum absolute atomic E-state index is 0.0339. The molecule has 0 heterocycles. The number of unbranched alkanes of at least 4 members (excludes halogenated alkanes) is 31. The predicted octanol–water partition coefficient (Wildman–Crippen LogP) is 18.1. The molecule has 0 aromatic carbocycles. The van der Waals surface area contributed by atoms with E-state index < -0.39 is 26.5 Å². The molecular formula is C62H114NO8P. The Morgan fingerprint density at radius 3 is 1.11 bits per heavy atom. The second-order valence-electron chi connectivity index (χ2n) is 21.4. The van der Waals surface area contributed by atoms with E-state index >= 15 is 0 Å². The van der Waals surface area contributed by atoms with E-state index in [1.165, 1.54) is 173 Å². The Morgan fingerprint density at radius 2 is 0.750 bits per heavy atom. The highest BCUT2D eigenvalue weighted by atomic mass is 31.2. The van der Waals surface area contributed by atoms with Crippen LogP contribution in [-0.4, -0.2) is 70.0 Å². The number of nitrogens with zero attached hydrogens (tertiary/aromatic N) is 1. The van der Waals surface area contributed by atoms with E-state index in [0.717, 1.165) is 64.2 Å². The van der Waals surface area contributed by atoms with Crippen LogP contribution in [0, 0.1) is 0 Å². The molecule has 2 unspecified atom stereocenters. The van der Waals surface area contributed by atoms with Gasteiger partial charge in [-0.3, -0.25) is 14.2 Å². The number of likely N-dealkylation sites (N-methyl/N-ethyl adjacent to an activating group) is 1. The van der Waals surface area contributed by atoms with Gasteiger partial charge in [-0.1, -0.05) is 235 Å². The van der Waals surface area contributed by atoms with Gasteiger partial charge < -0.3 is 27.9 Å². The first-order chi connectivity index (χ1) is 35.0. The normalized spacial score (nSPS) is 13.7. The summed E-state index contributed by atoms with van der Waals surface area (Å²) in [5.74, 6) is -0.836. The van der Waals surface area contributed by atoms with Gasteiger partial charge in [0.25, 0.3) is 7.82 Å². The lowest BCUT2D eigenvalue weighted by atomic mass is 10.0. The Hall–Kier alpha value is -2.29. The van der Waals surface area contributed by atoms with Crippen molar-refractivity contribution in [3.05, 3.63) is 60.8 Å². The Kier molecular flexibility index (Phi) is 51.8. The van der Waals surface area contributed by atoms with Gasteiger partial charge in [-0.05, 0) is 83.5 Å². The smallest absolute Gasteiger partial charge is 0.306 e. The van der Waals surface area contributed by atoms with Gasteiger partial charge in [-0.25, -0.2) is 0 Å². The number of phosphoric ester groups is 1. The van der Waals surface area contributed by atoms with Gasteiger partial charge in [-0.15, -0.1) is 0 Å². The molecule has 10 heteroatoms. The maximum atomic E-state index is 12.8. The summed E-state index contributed by atoms with van der Waals surface area (Å²) in [5, 5.41) is 0. The average Bonchev–Trinajstić information content (AvgIpc) is 3.34. The number of allylic oxidation sites excluding steroid dienone is 10. The fourth-order valence-electron chi connectivity index (χ4n) is 8.34. The molecule has 0 aromatic rings. The maximum absolute atomic E-state index is 12.8. The van der Waals surface area contributed by atoms with Crippen LogP contribution in [0.3, 0.4) is 0 Å². The van der Waals surface area contributed by atoms with Crippen LogP contribution in [0.25, 0.3) is 0 Å². The summed E-state index contributed by atoms with van der Waals surface area (Å²) < 4.78 is 34.2. The van der Waals surface area contributed by atoms with Crippen molar-refractivity contribution in [1.29, 1.82) is 0 Å². The second kappa shape index (κ2) is 53.5. The zero-order chi connectivity index (χ0) is 52.7. The Balaban J connectivity index is 4.16. The molecular weight excluding hydrogens is 918 g/mol. The maximum Gasteiger partial charge on any atom is 0.306 e. The quantitative estimate of drug-likeness (QED) is 0.0195. The largest absolute Gasteiger partial charge is 0.756 e. The molecule has 0 N–H and O–H groups in total. The lowest BCUT2D eigenvalue weighted by Gasteiger charge is -2.28. The molecule has 0 aromatic heterocycles. The molecule has 0 rings (SSSR count). The zero-order valence-electron chi connectivity index (χ0n) is 47.6. The van der Waals surface area contributed by atoms with Crippen molar-refractivity contribution < 1.29 is 42.1 Å². The van der Waals surface area contributed by atoms with E-state index in [9.17, 15) is 19.0 Å². The van der Waals surface area contributed by atoms with Crippen molar-refractivity contribution in [1.82, 2.24) is 0 Å². The number of carbonyl (C=O) groups excluding carboxylic acids is 2. The van der Waals surface area contributed by atoms with Gasteiger partial charge in [0.15, 0.2) is 6.10 Å². The first-order valence-corrected chi connectivity index (χ1v) is 31.5. The van der Waals surface area contributed by atoms with Crippen molar-refractivity contribution in [2.75, 3.05) is 47.5 Å². The first-order valence-electron chi connectivity index (χ1n) is 30.0. The lowest BCUT2D eigenvalue weighted by molar-refractivity contribution is -0.870. The molecule has 9 nitrogen and oxygen atoms in total. The molecule has 0 saturated heterocycles. The summed E-state index contributed by atoms with van der Waals surface area (Å²) in [6, 6.07) is 0. The highest BCUT2D eigenvalue weighted by Crippen LogP contribution is 2.38. The van der Waals surface area contributed by atoms with Crippen LogP contribution in [0.5, 0.6) is 0 Å². The fourth-order valence-corrected chi connectivity index (χ4v) is 9.07. The molecule has 0 radical (unpaired) electrons. The minimum atomic E-state index is -4.64. The number of phosphoric acid groups is 1. The van der Waals surface area contributed by atoms with Crippen molar-refractivity contribution in [3.63, 3.8) is 0 Å². The highest BCUT2D eigenvalue weighted by molar-refractivity contribution is 7.45. The molecule has 0 aliphatic rings. The summed E-state index contributed by atoms with van der Waals surface area (Å²) in [6.07, 6.45) is 68.3. The zero-order valence-corrected chi connectivity index (χ0v) is 48.5. The third-order valence-corrected chi connectivity index (χ3v) is 14.0. The number of hydrogen-bond acceptors (Lipinski definition) is 8. The number of carbonyl (C=O) groups is 2. The number of hydrogen-bond donors (Lipinski definition) is 0. The van der Waals surface area contributed by atoms with Gasteiger partial charge in [0.1, 0.15) is 19.8 Å². The van der Waals surface area contributed by atoms with Crippen molar-refractivity contribution in [2.45, 2.75) is 277 Å². The molecule has 2 atom stereocenters. The molecule has 0 spiro atoms. The van der Waals surface area contributed by atoms with Crippen molar-refractivity contribution in [2.24, 2.45) is 0 Å². The van der Waals surface area contributed by atoms with E-state index in [-0.39, 0.29) is 32.0 Å². The van der Waals surface area contributed by atoms with Gasteiger partial charge in [0, 0.05) is 12.8 Å². The van der Waals surface area contributed by atoms with Crippen LogP contribution in [0.4, 0.5) is 0 Å². The predicted molar refractivity (Wildman–Crippen MR) is 305 cm³/mol. The Labute approximate surface area is 445 Å². The average molecular weight is 1030 g/mol. The van der Waals surface area contributed by atoms with Crippen molar-refractivity contribution in [3.8, 4) is 0 Å². The summed E-state index contributed by atoms with van der Waals surface area (Å²) in [5.41, 5.74) is 0. The van der Waals surface area contributed by atoms with Crippen LogP contribution in [-0.2, 0) is 32.7 Å². The Bertz CT molecular complexity index is 1400. The molecule has 72 heavy (non-hydrogen) atoms. The molecule has 0 fully saturated rings. The van der Waals surface area contributed by atoms with E-state index in [1.807, 2.05) is 21.1 Å². The molecule has 0 bridgehead atoms. The molecule has 0 aliphatic heterocycles. The van der Waals surface area contributed by atoms with Gasteiger partial charge in [0.05, 0.1) is 27.7 Å². The molecule has 0 amide bonds. The van der Waals surface area contributed by atoms with Crippen LogP contribution >= 0.6 is 7.82 Å².